The Hall–Kier alpha value is -1.72. The van der Waals surface area contributed by atoms with Crippen LogP contribution < -0.4 is 20.7 Å². The molecular formula is C16H24F3IN4O2. The maximum atomic E-state index is 13.9. The van der Waals surface area contributed by atoms with E-state index < -0.39 is 12.4 Å². The lowest BCUT2D eigenvalue weighted by molar-refractivity contribution is -0.121. The second-order valence-electron chi connectivity index (χ2n) is 6.17. The second-order valence-corrected chi connectivity index (χ2v) is 6.17. The van der Waals surface area contributed by atoms with Crippen LogP contribution in [0, 0.1) is 5.82 Å². The van der Waals surface area contributed by atoms with Crippen molar-refractivity contribution in [2.24, 2.45) is 4.99 Å². The summed E-state index contributed by atoms with van der Waals surface area (Å²) in [5.41, 5.74) is -0.436. The number of hydrogen-bond donors (Lipinski definition) is 3. The van der Waals surface area contributed by atoms with Gasteiger partial charge in [0.25, 0.3) is 0 Å². The highest BCUT2D eigenvalue weighted by Crippen LogP contribution is 2.23. The molecule has 0 fully saturated rings. The largest absolute Gasteiger partial charge is 0.434 e. The van der Waals surface area contributed by atoms with Gasteiger partial charge in [-0.15, -0.1) is 24.0 Å². The molecule has 6 nitrogen and oxygen atoms in total. The third-order valence-corrected chi connectivity index (χ3v) is 2.88. The first-order chi connectivity index (χ1) is 11.6. The molecule has 0 atom stereocenters. The van der Waals surface area contributed by atoms with Gasteiger partial charge in [0.05, 0.1) is 6.54 Å². The maximum Gasteiger partial charge on any atom is 0.387 e. The highest BCUT2D eigenvalue weighted by atomic mass is 127. The molecule has 1 rings (SSSR count). The van der Waals surface area contributed by atoms with E-state index in [1.165, 1.54) is 19.2 Å². The quantitative estimate of drug-likeness (QED) is 0.327. The van der Waals surface area contributed by atoms with Crippen LogP contribution in [0.15, 0.2) is 23.2 Å². The molecule has 0 saturated carbocycles. The zero-order valence-electron chi connectivity index (χ0n) is 15.0. The second kappa shape index (κ2) is 11.1. The first-order valence-corrected chi connectivity index (χ1v) is 7.60. The van der Waals surface area contributed by atoms with Crippen molar-refractivity contribution in [1.29, 1.82) is 0 Å². The lowest BCUT2D eigenvalue weighted by atomic mass is 10.1. The van der Waals surface area contributed by atoms with Gasteiger partial charge < -0.3 is 20.7 Å². The summed E-state index contributed by atoms with van der Waals surface area (Å²) in [5, 5.41) is 8.27. The molecule has 3 N–H and O–H groups in total. The lowest BCUT2D eigenvalue weighted by Crippen LogP contribution is -2.48. The van der Waals surface area contributed by atoms with Gasteiger partial charge in [0, 0.05) is 24.7 Å². The summed E-state index contributed by atoms with van der Waals surface area (Å²) < 4.78 is 43.0. The Morgan fingerprint density at radius 2 is 1.92 bits per heavy atom. The fourth-order valence-electron chi connectivity index (χ4n) is 1.94. The molecule has 1 aromatic carbocycles. The number of rotatable bonds is 6. The summed E-state index contributed by atoms with van der Waals surface area (Å²) in [6, 6.07) is 3.67. The Balaban J connectivity index is 0.00000625. The number of amides is 1. The molecule has 0 spiro atoms. The van der Waals surface area contributed by atoms with Gasteiger partial charge in [-0.3, -0.25) is 9.79 Å². The molecule has 1 amide bonds. The van der Waals surface area contributed by atoms with Crippen LogP contribution in [0.4, 0.5) is 13.2 Å². The lowest BCUT2D eigenvalue weighted by Gasteiger charge is -2.21. The van der Waals surface area contributed by atoms with E-state index in [2.05, 4.69) is 25.7 Å². The number of carbonyl (C=O) groups is 1. The van der Waals surface area contributed by atoms with Crippen molar-refractivity contribution in [3.05, 3.63) is 29.6 Å². The Morgan fingerprint density at radius 1 is 1.27 bits per heavy atom. The van der Waals surface area contributed by atoms with E-state index in [9.17, 15) is 18.0 Å². The maximum absolute atomic E-state index is 13.9. The Kier molecular flexibility index (Phi) is 10.4. The number of guanidine groups is 1. The highest BCUT2D eigenvalue weighted by molar-refractivity contribution is 14.0. The molecule has 0 radical (unpaired) electrons. The average molecular weight is 488 g/mol. The van der Waals surface area contributed by atoms with Crippen molar-refractivity contribution in [2.75, 3.05) is 13.6 Å². The summed E-state index contributed by atoms with van der Waals surface area (Å²) in [7, 11) is 1.47. The predicted octanol–water partition coefficient (Wildman–Crippen LogP) is 2.62. The minimum atomic E-state index is -3.06. The summed E-state index contributed by atoms with van der Waals surface area (Å²) in [5.74, 6) is -0.978. The van der Waals surface area contributed by atoms with Crippen LogP contribution in [0.1, 0.15) is 26.3 Å². The van der Waals surface area contributed by atoms with E-state index in [0.717, 1.165) is 6.07 Å². The molecule has 148 valence electrons. The zero-order chi connectivity index (χ0) is 19.0. The monoisotopic (exact) mass is 488 g/mol. The number of nitrogens with one attached hydrogen (secondary N) is 3. The third-order valence-electron chi connectivity index (χ3n) is 2.88. The van der Waals surface area contributed by atoms with Crippen molar-refractivity contribution >= 4 is 35.8 Å². The van der Waals surface area contributed by atoms with Gasteiger partial charge in [-0.1, -0.05) is 6.07 Å². The molecule has 0 saturated heterocycles. The van der Waals surface area contributed by atoms with Crippen molar-refractivity contribution in [2.45, 2.75) is 39.5 Å². The van der Waals surface area contributed by atoms with Gasteiger partial charge in [-0.25, -0.2) is 4.39 Å². The summed E-state index contributed by atoms with van der Waals surface area (Å²) in [6.45, 7) is 2.30. The number of carbonyl (C=O) groups excluding carboxylic acids is 1. The average Bonchev–Trinajstić information content (AvgIpc) is 2.47. The van der Waals surface area contributed by atoms with Crippen LogP contribution in [0.25, 0.3) is 0 Å². The van der Waals surface area contributed by atoms with Crippen LogP contribution in [0.3, 0.4) is 0 Å². The molecule has 0 bridgehead atoms. The van der Waals surface area contributed by atoms with Gasteiger partial charge in [0.2, 0.25) is 5.91 Å². The fourth-order valence-corrected chi connectivity index (χ4v) is 1.94. The van der Waals surface area contributed by atoms with E-state index in [4.69, 9.17) is 0 Å². The Morgan fingerprint density at radius 3 is 2.46 bits per heavy atom. The molecule has 0 aromatic heterocycles. The SMILES string of the molecule is CN=C(NCC(=O)NC(C)(C)C)NCc1c(F)cccc1OC(F)F.I. The van der Waals surface area contributed by atoms with E-state index in [1.807, 2.05) is 20.8 Å². The number of hydrogen-bond acceptors (Lipinski definition) is 3. The smallest absolute Gasteiger partial charge is 0.387 e. The first kappa shape index (κ1) is 24.3. The number of benzene rings is 1. The molecule has 0 heterocycles. The normalized spacial score (nSPS) is 11.6. The molecule has 26 heavy (non-hydrogen) atoms. The van der Waals surface area contributed by atoms with Gasteiger partial charge >= 0.3 is 6.61 Å². The molecular weight excluding hydrogens is 464 g/mol. The number of nitrogens with zero attached hydrogens (tertiary/aromatic N) is 1. The molecule has 0 unspecified atom stereocenters. The topological polar surface area (TPSA) is 74.8 Å². The fraction of sp³-hybridized carbons (Fsp3) is 0.500. The molecule has 0 aliphatic carbocycles. The minimum Gasteiger partial charge on any atom is -0.434 e. The van der Waals surface area contributed by atoms with Gasteiger partial charge in [0.1, 0.15) is 11.6 Å². The van der Waals surface area contributed by atoms with Gasteiger partial charge in [-0.05, 0) is 32.9 Å². The summed E-state index contributed by atoms with van der Waals surface area (Å²) in [4.78, 5) is 15.7. The van der Waals surface area contributed by atoms with E-state index >= 15 is 0 Å². The van der Waals surface area contributed by atoms with Crippen LogP contribution in [0.2, 0.25) is 0 Å². The van der Waals surface area contributed by atoms with Crippen molar-refractivity contribution < 1.29 is 22.7 Å². The molecule has 0 aliphatic rings. The number of alkyl halides is 2. The van der Waals surface area contributed by atoms with E-state index in [1.54, 1.807) is 0 Å². The van der Waals surface area contributed by atoms with E-state index in [0.29, 0.717) is 0 Å². The van der Waals surface area contributed by atoms with Crippen molar-refractivity contribution in [3.63, 3.8) is 0 Å². The number of halogens is 4. The van der Waals surface area contributed by atoms with Gasteiger partial charge in [0.15, 0.2) is 5.96 Å². The Labute approximate surface area is 168 Å². The number of aliphatic imine (C=N–C) groups is 1. The summed E-state index contributed by atoms with van der Waals surface area (Å²) in [6.07, 6.45) is 0. The molecule has 10 heteroatoms. The Bertz CT molecular complexity index is 622. The predicted molar refractivity (Wildman–Crippen MR) is 105 cm³/mol. The van der Waals surface area contributed by atoms with Crippen molar-refractivity contribution in [3.8, 4) is 5.75 Å². The van der Waals surface area contributed by atoms with Crippen LogP contribution in [-0.2, 0) is 11.3 Å². The standard InChI is InChI=1S/C16H23F3N4O2.HI/c1-16(2,3)23-13(24)9-22-15(20-4)21-8-10-11(17)6-5-7-12(10)25-14(18)19;/h5-7,14H,8-9H2,1-4H3,(H,23,24)(H2,20,21,22);1H. The van der Waals surface area contributed by atoms with Crippen LogP contribution in [-0.4, -0.2) is 37.6 Å². The first-order valence-electron chi connectivity index (χ1n) is 7.60. The van der Waals surface area contributed by atoms with Crippen LogP contribution in [0.5, 0.6) is 5.75 Å². The van der Waals surface area contributed by atoms with Gasteiger partial charge in [-0.2, -0.15) is 8.78 Å². The minimum absolute atomic E-state index is 0. The zero-order valence-corrected chi connectivity index (χ0v) is 17.4. The van der Waals surface area contributed by atoms with E-state index in [-0.39, 0.29) is 65.8 Å². The molecule has 0 aliphatic heterocycles. The third kappa shape index (κ3) is 9.11. The van der Waals surface area contributed by atoms with Crippen LogP contribution >= 0.6 is 24.0 Å². The van der Waals surface area contributed by atoms with Crippen molar-refractivity contribution in [1.82, 2.24) is 16.0 Å². The number of ether oxygens (including phenoxy) is 1. The molecule has 1 aromatic rings. The summed E-state index contributed by atoms with van der Waals surface area (Å²) >= 11 is 0. The highest BCUT2D eigenvalue weighted by Gasteiger charge is 2.16.